The quantitative estimate of drug-likeness (QED) is 0.494. The number of hydrogen-bond donors (Lipinski definition) is 2. The summed E-state index contributed by atoms with van der Waals surface area (Å²) in [6.45, 7) is 0.0815. The van der Waals surface area contributed by atoms with Gasteiger partial charge in [0.1, 0.15) is 12.3 Å². The van der Waals surface area contributed by atoms with Gasteiger partial charge in [0, 0.05) is 22.7 Å². The van der Waals surface area contributed by atoms with E-state index in [1.807, 2.05) is 36.4 Å². The van der Waals surface area contributed by atoms with E-state index in [2.05, 4.69) is 10.5 Å². The van der Waals surface area contributed by atoms with Crippen molar-refractivity contribution < 1.29 is 14.3 Å². The van der Waals surface area contributed by atoms with Gasteiger partial charge >= 0.3 is 0 Å². The third-order valence-electron chi connectivity index (χ3n) is 4.06. The normalized spacial score (nSPS) is 11.0. The molecule has 7 heteroatoms. The molecular weight excluding hydrogens is 344 g/mol. The zero-order valence-corrected chi connectivity index (χ0v) is 14.9. The number of fused-ring (bicyclic) bond motifs is 1. The summed E-state index contributed by atoms with van der Waals surface area (Å²) in [7, 11) is 1.59. The minimum Gasteiger partial charge on any atom is -0.497 e. The van der Waals surface area contributed by atoms with E-state index >= 15 is 0 Å². The number of ether oxygens (including phenoxy) is 1. The highest BCUT2D eigenvalue weighted by Crippen LogP contribution is 2.19. The van der Waals surface area contributed by atoms with E-state index in [9.17, 15) is 9.59 Å². The predicted octanol–water partition coefficient (Wildman–Crippen LogP) is 1.83. The van der Waals surface area contributed by atoms with Crippen LogP contribution in [0.3, 0.4) is 0 Å². The highest BCUT2D eigenvalue weighted by Gasteiger charge is 2.08. The molecule has 0 radical (unpaired) electrons. The minimum atomic E-state index is -0.424. The van der Waals surface area contributed by atoms with E-state index in [0.717, 1.165) is 27.8 Å². The Bertz CT molecular complexity index is 990. The molecule has 0 unspecified atom stereocenters. The van der Waals surface area contributed by atoms with E-state index in [-0.39, 0.29) is 18.9 Å². The topological polar surface area (TPSA) is 98.7 Å². The lowest BCUT2D eigenvalue weighted by Gasteiger charge is -2.02. The minimum absolute atomic E-state index is 0.0815. The summed E-state index contributed by atoms with van der Waals surface area (Å²) in [4.78, 5) is 23.3. The summed E-state index contributed by atoms with van der Waals surface area (Å²) in [5.74, 6) is 0.0915. The van der Waals surface area contributed by atoms with Crippen LogP contribution in [-0.4, -0.2) is 29.7 Å². The first-order valence-electron chi connectivity index (χ1n) is 8.38. The van der Waals surface area contributed by atoms with Gasteiger partial charge in [-0.05, 0) is 23.8 Å². The Morgan fingerprint density at radius 2 is 1.93 bits per heavy atom. The van der Waals surface area contributed by atoms with E-state index in [1.165, 1.54) is 0 Å². The van der Waals surface area contributed by atoms with E-state index in [0.29, 0.717) is 0 Å². The van der Waals surface area contributed by atoms with Crippen molar-refractivity contribution in [1.29, 1.82) is 0 Å². The van der Waals surface area contributed by atoms with Crippen LogP contribution in [-0.2, 0) is 22.6 Å². The second-order valence-corrected chi connectivity index (χ2v) is 6.01. The van der Waals surface area contributed by atoms with Crippen LogP contribution < -0.4 is 15.9 Å². The fraction of sp³-hybridized carbons (Fsp3) is 0.150. The zero-order valence-electron chi connectivity index (χ0n) is 14.9. The van der Waals surface area contributed by atoms with Gasteiger partial charge in [-0.3, -0.25) is 9.59 Å². The monoisotopic (exact) mass is 364 g/mol. The number of methoxy groups -OCH3 is 1. The lowest BCUT2D eigenvalue weighted by molar-refractivity contribution is -0.120. The average molecular weight is 364 g/mol. The van der Waals surface area contributed by atoms with Gasteiger partial charge in [0.2, 0.25) is 11.8 Å². The standard InChI is InChI=1S/C20H20N4O3/c1-27-16-8-6-14(7-9-16)10-20(26)23-22-11-15-12-24(13-19(21)25)18-5-3-2-4-17(15)18/h2-9,11-12H,10,13H2,1H3,(H2,21,25)(H,23,26)/b22-11+. The van der Waals surface area contributed by atoms with Gasteiger partial charge in [-0.25, -0.2) is 5.43 Å². The van der Waals surface area contributed by atoms with E-state index in [1.54, 1.807) is 36.2 Å². The fourth-order valence-electron chi connectivity index (χ4n) is 2.82. The molecule has 1 heterocycles. The van der Waals surface area contributed by atoms with Crippen molar-refractivity contribution in [3.8, 4) is 5.75 Å². The van der Waals surface area contributed by atoms with Gasteiger partial charge in [-0.1, -0.05) is 30.3 Å². The number of hydrogen-bond acceptors (Lipinski definition) is 4. The SMILES string of the molecule is COc1ccc(CC(=O)N/N=C/c2cn(CC(N)=O)c3ccccc23)cc1. The molecule has 27 heavy (non-hydrogen) atoms. The fourth-order valence-corrected chi connectivity index (χ4v) is 2.82. The number of amides is 2. The van der Waals surface area contributed by atoms with Crippen molar-refractivity contribution in [2.24, 2.45) is 10.8 Å². The number of benzene rings is 2. The maximum Gasteiger partial charge on any atom is 0.244 e. The summed E-state index contributed by atoms with van der Waals surface area (Å²) in [6.07, 6.45) is 3.56. The summed E-state index contributed by atoms with van der Waals surface area (Å²) in [5, 5.41) is 4.96. The number of hydrazone groups is 1. The van der Waals surface area contributed by atoms with Crippen LogP contribution in [0.1, 0.15) is 11.1 Å². The van der Waals surface area contributed by atoms with E-state index < -0.39 is 5.91 Å². The first-order chi connectivity index (χ1) is 13.1. The number of nitrogens with zero attached hydrogens (tertiary/aromatic N) is 2. The molecule has 0 bridgehead atoms. The van der Waals surface area contributed by atoms with Crippen molar-refractivity contribution >= 4 is 28.9 Å². The van der Waals surface area contributed by atoms with Gasteiger partial charge in [0.15, 0.2) is 0 Å². The Morgan fingerprint density at radius 1 is 1.19 bits per heavy atom. The number of carbonyl (C=O) groups excluding carboxylic acids is 2. The molecule has 0 spiro atoms. The molecular formula is C20H20N4O3. The van der Waals surface area contributed by atoms with Gasteiger partial charge in [-0.15, -0.1) is 0 Å². The number of rotatable bonds is 7. The highest BCUT2D eigenvalue weighted by atomic mass is 16.5. The number of nitrogens with one attached hydrogen (secondary N) is 1. The van der Waals surface area contributed by atoms with Crippen molar-refractivity contribution in [2.45, 2.75) is 13.0 Å². The van der Waals surface area contributed by atoms with Crippen LogP contribution >= 0.6 is 0 Å². The summed E-state index contributed by atoms with van der Waals surface area (Å²) < 4.78 is 6.86. The van der Waals surface area contributed by atoms with Crippen molar-refractivity contribution in [2.75, 3.05) is 7.11 Å². The Balaban J connectivity index is 1.68. The Kier molecular flexibility index (Phi) is 5.51. The van der Waals surface area contributed by atoms with Gasteiger partial charge in [0.05, 0.1) is 19.7 Å². The van der Waals surface area contributed by atoms with Crippen molar-refractivity contribution in [3.63, 3.8) is 0 Å². The molecule has 0 atom stereocenters. The average Bonchev–Trinajstić information content (AvgIpc) is 3.00. The first-order valence-corrected chi connectivity index (χ1v) is 8.38. The molecule has 2 aromatic carbocycles. The Morgan fingerprint density at radius 3 is 2.63 bits per heavy atom. The zero-order chi connectivity index (χ0) is 19.2. The van der Waals surface area contributed by atoms with Gasteiger partial charge < -0.3 is 15.0 Å². The summed E-state index contributed by atoms with van der Waals surface area (Å²) in [5.41, 5.74) is 10.3. The molecule has 0 aliphatic rings. The van der Waals surface area contributed by atoms with Gasteiger partial charge in [-0.2, -0.15) is 5.10 Å². The van der Waals surface area contributed by atoms with Crippen LogP contribution in [0, 0.1) is 0 Å². The Hall–Kier alpha value is -3.61. The molecule has 3 aromatic rings. The molecule has 2 amide bonds. The van der Waals surface area contributed by atoms with Crippen molar-refractivity contribution in [1.82, 2.24) is 9.99 Å². The molecule has 1 aromatic heterocycles. The van der Waals surface area contributed by atoms with Crippen LogP contribution in [0.2, 0.25) is 0 Å². The Labute approximate surface area is 156 Å². The number of nitrogens with two attached hydrogens (primary N) is 1. The molecule has 0 aliphatic carbocycles. The number of carbonyl (C=O) groups is 2. The maximum atomic E-state index is 12.0. The maximum absolute atomic E-state index is 12.0. The third-order valence-corrected chi connectivity index (χ3v) is 4.06. The van der Waals surface area contributed by atoms with E-state index in [4.69, 9.17) is 10.5 Å². The smallest absolute Gasteiger partial charge is 0.244 e. The molecule has 0 fully saturated rings. The second kappa shape index (κ2) is 8.18. The second-order valence-electron chi connectivity index (χ2n) is 6.01. The first kappa shape index (κ1) is 18.2. The number of primary amides is 1. The number of aromatic nitrogens is 1. The predicted molar refractivity (Wildman–Crippen MR) is 104 cm³/mol. The summed E-state index contributed by atoms with van der Waals surface area (Å²) in [6, 6.07) is 14.9. The number of para-hydroxylation sites is 1. The lowest BCUT2D eigenvalue weighted by Crippen LogP contribution is -2.19. The molecule has 0 aliphatic heterocycles. The van der Waals surface area contributed by atoms with Crippen LogP contribution in [0.15, 0.2) is 59.8 Å². The molecule has 7 nitrogen and oxygen atoms in total. The lowest BCUT2D eigenvalue weighted by atomic mass is 10.1. The van der Waals surface area contributed by atoms with Crippen LogP contribution in [0.5, 0.6) is 5.75 Å². The third kappa shape index (κ3) is 4.52. The summed E-state index contributed by atoms with van der Waals surface area (Å²) >= 11 is 0. The molecule has 3 N–H and O–H groups in total. The molecule has 0 saturated carbocycles. The van der Waals surface area contributed by atoms with Crippen LogP contribution in [0.25, 0.3) is 10.9 Å². The highest BCUT2D eigenvalue weighted by molar-refractivity contribution is 6.00. The van der Waals surface area contributed by atoms with Crippen LogP contribution in [0.4, 0.5) is 0 Å². The largest absolute Gasteiger partial charge is 0.497 e. The molecule has 0 saturated heterocycles. The molecule has 138 valence electrons. The van der Waals surface area contributed by atoms with Gasteiger partial charge in [0.25, 0.3) is 0 Å². The van der Waals surface area contributed by atoms with Crippen molar-refractivity contribution in [3.05, 3.63) is 65.9 Å². The molecule has 3 rings (SSSR count).